The van der Waals surface area contributed by atoms with Crippen LogP contribution in [0.1, 0.15) is 15.9 Å². The highest BCUT2D eigenvalue weighted by molar-refractivity contribution is 6.30. The van der Waals surface area contributed by atoms with E-state index in [1.165, 1.54) is 30.3 Å². The van der Waals surface area contributed by atoms with Gasteiger partial charge in [-0.25, -0.2) is 13.2 Å². The lowest BCUT2D eigenvalue weighted by Crippen LogP contribution is -2.31. The molecule has 154 valence electrons. The van der Waals surface area contributed by atoms with E-state index in [1.807, 2.05) is 0 Å². The first-order valence-corrected chi connectivity index (χ1v) is 8.88. The smallest absolute Gasteiger partial charge is 0.280 e. The van der Waals surface area contributed by atoms with Crippen LogP contribution >= 0.6 is 11.6 Å². The van der Waals surface area contributed by atoms with Gasteiger partial charge in [0.25, 0.3) is 5.91 Å². The fraction of sp³-hybridized carbons (Fsp3) is 0.0500. The van der Waals surface area contributed by atoms with Crippen molar-refractivity contribution in [1.82, 2.24) is 10.3 Å². The molecule has 30 heavy (non-hydrogen) atoms. The summed E-state index contributed by atoms with van der Waals surface area (Å²) in [4.78, 5) is 20.0. The quantitative estimate of drug-likeness (QED) is 0.422. The highest BCUT2D eigenvalue weighted by atomic mass is 35.5. The van der Waals surface area contributed by atoms with E-state index in [0.29, 0.717) is 5.56 Å². The molecule has 3 rings (SSSR count). The van der Waals surface area contributed by atoms with Crippen molar-refractivity contribution < 1.29 is 23.1 Å². The number of nitrogens with one attached hydrogen (secondary N) is 2. The van der Waals surface area contributed by atoms with Gasteiger partial charge < -0.3 is 15.7 Å². The van der Waals surface area contributed by atoms with Gasteiger partial charge in [0.2, 0.25) is 11.8 Å². The second-order valence-corrected chi connectivity index (χ2v) is 6.41. The van der Waals surface area contributed by atoms with E-state index in [1.54, 1.807) is 6.07 Å². The largest absolute Gasteiger partial charge is 0.493 e. The molecule has 1 amide bonds. The van der Waals surface area contributed by atoms with E-state index in [9.17, 15) is 23.1 Å². The maximum Gasteiger partial charge on any atom is 0.280 e. The highest BCUT2D eigenvalue weighted by Crippen LogP contribution is 2.16. The van der Waals surface area contributed by atoms with Crippen LogP contribution in [0.3, 0.4) is 0 Å². The average Bonchev–Trinajstić information content (AvgIpc) is 2.70. The molecule has 0 aliphatic rings. The summed E-state index contributed by atoms with van der Waals surface area (Å²) < 4.78 is 40.2. The lowest BCUT2D eigenvalue weighted by Gasteiger charge is -2.12. The fourth-order valence-corrected chi connectivity index (χ4v) is 2.47. The topological polar surface area (TPSA) is 86.6 Å². The molecule has 0 saturated heterocycles. The molecule has 2 aromatic carbocycles. The van der Waals surface area contributed by atoms with Crippen molar-refractivity contribution >= 4 is 29.3 Å². The Morgan fingerprint density at radius 1 is 1.03 bits per heavy atom. The van der Waals surface area contributed by atoms with Crippen molar-refractivity contribution in [1.29, 1.82) is 0 Å². The monoisotopic (exact) mass is 434 g/mol. The number of aromatic hydroxyl groups is 1. The summed E-state index contributed by atoms with van der Waals surface area (Å²) in [6.45, 7) is 0.0454. The minimum Gasteiger partial charge on any atom is -0.493 e. The van der Waals surface area contributed by atoms with E-state index < -0.39 is 23.4 Å². The molecule has 0 saturated carbocycles. The van der Waals surface area contributed by atoms with Crippen molar-refractivity contribution in [2.45, 2.75) is 6.54 Å². The molecule has 0 aliphatic heterocycles. The van der Waals surface area contributed by atoms with Gasteiger partial charge >= 0.3 is 0 Å². The number of aliphatic imine (C=N–C) groups is 1. The molecule has 0 radical (unpaired) electrons. The van der Waals surface area contributed by atoms with Crippen LogP contribution in [0.25, 0.3) is 0 Å². The Balaban J connectivity index is 1.85. The number of amides is 1. The number of hydrogen-bond acceptors (Lipinski definition) is 3. The van der Waals surface area contributed by atoms with Crippen molar-refractivity contribution in [3.8, 4) is 5.88 Å². The first-order chi connectivity index (χ1) is 14.3. The van der Waals surface area contributed by atoms with Crippen LogP contribution in [0.4, 0.5) is 19.0 Å². The summed E-state index contributed by atoms with van der Waals surface area (Å²) in [5.41, 5.74) is 0.312. The van der Waals surface area contributed by atoms with Crippen molar-refractivity contribution in [3.63, 3.8) is 0 Å². The van der Waals surface area contributed by atoms with Gasteiger partial charge in [-0.3, -0.25) is 4.79 Å². The van der Waals surface area contributed by atoms with Crippen molar-refractivity contribution in [3.05, 3.63) is 88.2 Å². The molecule has 0 aliphatic carbocycles. The molecular formula is C20H14ClF3N4O2. The van der Waals surface area contributed by atoms with Crippen molar-refractivity contribution in [2.24, 2.45) is 4.99 Å². The number of aromatic nitrogens is 1. The molecule has 0 bridgehead atoms. The van der Waals surface area contributed by atoms with E-state index in [0.717, 1.165) is 18.2 Å². The second kappa shape index (κ2) is 9.27. The van der Waals surface area contributed by atoms with E-state index in [4.69, 9.17) is 11.6 Å². The van der Waals surface area contributed by atoms with Crippen LogP contribution < -0.4 is 10.6 Å². The number of halogens is 4. The Hall–Kier alpha value is -3.59. The third-order valence-corrected chi connectivity index (χ3v) is 4.11. The number of pyridine rings is 1. The zero-order chi connectivity index (χ0) is 21.7. The number of carbonyl (C=O) groups is 1. The van der Waals surface area contributed by atoms with Gasteiger partial charge in [0.05, 0.1) is 5.02 Å². The zero-order valence-corrected chi connectivity index (χ0v) is 15.9. The summed E-state index contributed by atoms with van der Waals surface area (Å²) in [7, 11) is 0. The predicted octanol–water partition coefficient (Wildman–Crippen LogP) is 4.26. The van der Waals surface area contributed by atoms with Gasteiger partial charge in [0, 0.05) is 18.2 Å². The first-order valence-electron chi connectivity index (χ1n) is 8.51. The standard InChI is InChI=1S/C20H14ClF3N4O2/c21-13-6-4-11(8-15(13)23)10-25-20(27-17-2-1-3-18(29)26-17)28-19(30)12-5-7-14(22)16(24)9-12/h1-9H,10H2,(H3,25,26,27,28,29,30). The molecular weight excluding hydrogens is 421 g/mol. The average molecular weight is 435 g/mol. The SMILES string of the molecule is O=C(/N=C(/NCc1ccc(Cl)c(F)c1)Nc1cccc(O)n1)c1ccc(F)c(F)c1. The normalized spacial score (nSPS) is 11.3. The fourth-order valence-electron chi connectivity index (χ4n) is 2.36. The zero-order valence-electron chi connectivity index (χ0n) is 15.2. The third-order valence-electron chi connectivity index (χ3n) is 3.80. The van der Waals surface area contributed by atoms with Gasteiger partial charge in [-0.15, -0.1) is 0 Å². The molecule has 0 fully saturated rings. The molecule has 6 nitrogen and oxygen atoms in total. The maximum absolute atomic E-state index is 13.6. The van der Waals surface area contributed by atoms with Gasteiger partial charge in [0.1, 0.15) is 11.6 Å². The third kappa shape index (κ3) is 5.48. The summed E-state index contributed by atoms with van der Waals surface area (Å²) in [6.07, 6.45) is 0. The van der Waals surface area contributed by atoms with Gasteiger partial charge in [-0.2, -0.15) is 9.98 Å². The lowest BCUT2D eigenvalue weighted by molar-refractivity contribution is 0.100. The Morgan fingerprint density at radius 3 is 2.53 bits per heavy atom. The summed E-state index contributed by atoms with van der Waals surface area (Å²) in [5.74, 6) is -4.00. The molecule has 0 unspecified atom stereocenters. The van der Waals surface area contributed by atoms with Gasteiger partial charge in [-0.1, -0.05) is 23.7 Å². The number of hydrogen-bond donors (Lipinski definition) is 3. The second-order valence-electron chi connectivity index (χ2n) is 6.00. The number of rotatable bonds is 4. The van der Waals surface area contributed by atoms with Gasteiger partial charge in [0.15, 0.2) is 11.6 Å². The molecule has 1 aromatic heterocycles. The summed E-state index contributed by atoms with van der Waals surface area (Å²) in [6, 6.07) is 11.1. The van der Waals surface area contributed by atoms with Crippen molar-refractivity contribution in [2.75, 3.05) is 5.32 Å². The molecule has 10 heteroatoms. The number of carbonyl (C=O) groups excluding carboxylic acids is 1. The van der Waals surface area contributed by atoms with Crippen LogP contribution in [-0.2, 0) is 6.54 Å². The Morgan fingerprint density at radius 2 is 1.83 bits per heavy atom. The molecule has 0 spiro atoms. The van der Waals surface area contributed by atoms with Crippen LogP contribution in [0.5, 0.6) is 5.88 Å². The Labute approximate surface area is 174 Å². The number of anilines is 1. The number of benzene rings is 2. The minimum absolute atomic E-state index is 0.0387. The van der Waals surface area contributed by atoms with Crippen LogP contribution in [-0.4, -0.2) is 22.0 Å². The molecule has 3 aromatic rings. The first kappa shape index (κ1) is 21.1. The van der Waals surface area contributed by atoms with Gasteiger partial charge in [-0.05, 0) is 42.0 Å². The predicted molar refractivity (Wildman–Crippen MR) is 106 cm³/mol. The number of guanidine groups is 1. The van der Waals surface area contributed by atoms with Crippen LogP contribution in [0, 0.1) is 17.5 Å². The van der Waals surface area contributed by atoms with E-state index >= 15 is 0 Å². The molecule has 0 atom stereocenters. The van der Waals surface area contributed by atoms with Crippen LogP contribution in [0.2, 0.25) is 5.02 Å². The van der Waals surface area contributed by atoms with Crippen LogP contribution in [0.15, 0.2) is 59.6 Å². The highest BCUT2D eigenvalue weighted by Gasteiger charge is 2.12. The van der Waals surface area contributed by atoms with E-state index in [-0.39, 0.29) is 34.8 Å². The number of nitrogens with zero attached hydrogens (tertiary/aromatic N) is 2. The molecule has 3 N–H and O–H groups in total. The minimum atomic E-state index is -1.19. The Bertz CT molecular complexity index is 1120. The Kier molecular flexibility index (Phi) is 6.53. The summed E-state index contributed by atoms with van der Waals surface area (Å²) >= 11 is 5.66. The molecule has 1 heterocycles. The lowest BCUT2D eigenvalue weighted by atomic mass is 10.2. The maximum atomic E-state index is 13.6. The van der Waals surface area contributed by atoms with E-state index in [2.05, 4.69) is 20.6 Å². The summed E-state index contributed by atoms with van der Waals surface area (Å²) in [5, 5.41) is 15.0.